The summed E-state index contributed by atoms with van der Waals surface area (Å²) in [5.74, 6) is 0.213. The fraction of sp³-hybridized carbons (Fsp3) is 0.480. The molecule has 192 valence electrons. The van der Waals surface area contributed by atoms with Gasteiger partial charge in [-0.05, 0) is 23.2 Å². The molecule has 0 bridgehead atoms. The first-order valence-electron chi connectivity index (χ1n) is 11.6. The third kappa shape index (κ3) is 6.52. The van der Waals surface area contributed by atoms with Gasteiger partial charge in [0.15, 0.2) is 18.7 Å². The summed E-state index contributed by atoms with van der Waals surface area (Å²) >= 11 is 0. The van der Waals surface area contributed by atoms with Crippen LogP contribution >= 0.6 is 0 Å². The van der Waals surface area contributed by atoms with Crippen molar-refractivity contribution in [1.29, 1.82) is 0 Å². The van der Waals surface area contributed by atoms with E-state index < -0.39 is 43.0 Å². The molecule has 2 aromatic carbocycles. The van der Waals surface area contributed by atoms with Gasteiger partial charge in [0.1, 0.15) is 24.1 Å². The number of ether oxygens (including phenoxy) is 7. The molecule has 2 saturated heterocycles. The molecule has 0 aliphatic carbocycles. The maximum atomic E-state index is 12.0. The van der Waals surface area contributed by atoms with E-state index >= 15 is 0 Å². The van der Waals surface area contributed by atoms with Crippen molar-refractivity contribution in [3.63, 3.8) is 0 Å². The van der Waals surface area contributed by atoms with E-state index in [2.05, 4.69) is 10.0 Å². The normalized spacial score (nSPS) is 27.4. The van der Waals surface area contributed by atoms with Crippen molar-refractivity contribution < 1.29 is 38.0 Å². The molecule has 36 heavy (non-hydrogen) atoms. The van der Waals surface area contributed by atoms with Crippen LogP contribution in [-0.4, -0.2) is 63.5 Å². The molecular formula is C25H29N3O8. The molecule has 0 aromatic heterocycles. The zero-order valence-electron chi connectivity index (χ0n) is 20.1. The third-order valence-electron chi connectivity index (χ3n) is 5.80. The number of carbonyl (C=O) groups excluding carboxylic acids is 1. The van der Waals surface area contributed by atoms with Gasteiger partial charge in [0.05, 0.1) is 26.9 Å². The molecule has 0 amide bonds. The number of methoxy groups -OCH3 is 1. The minimum Gasteiger partial charge on any atom is -0.497 e. The van der Waals surface area contributed by atoms with Crippen LogP contribution in [0.2, 0.25) is 0 Å². The van der Waals surface area contributed by atoms with Crippen molar-refractivity contribution in [1.82, 2.24) is 0 Å². The van der Waals surface area contributed by atoms with Crippen LogP contribution in [0.5, 0.6) is 5.75 Å². The van der Waals surface area contributed by atoms with Crippen molar-refractivity contribution >= 4 is 5.97 Å². The van der Waals surface area contributed by atoms with E-state index in [4.69, 9.17) is 38.7 Å². The Morgan fingerprint density at radius 3 is 2.56 bits per heavy atom. The number of hydrogen-bond acceptors (Lipinski definition) is 9. The molecule has 11 nitrogen and oxygen atoms in total. The number of carbonyl (C=O) groups is 1. The Kier molecular flexibility index (Phi) is 9.12. The molecule has 4 rings (SSSR count). The fourth-order valence-corrected chi connectivity index (χ4v) is 4.14. The standard InChI is InChI=1S/C25H29N3O8/c1-16(29)34-23-22(32-14-17-8-10-19(30-2)11-9-17)21-20(35-25(23)31-13-12-27-28-26)15-33-24(36-21)18-6-4-3-5-7-18/h3-11,20-25H,12-15H2,1-2H3/t20-,21-,22+,23+,24?,25+/m1/s1. The molecule has 0 spiro atoms. The van der Waals surface area contributed by atoms with Crippen LogP contribution in [0, 0.1) is 0 Å². The Labute approximate surface area is 208 Å². The summed E-state index contributed by atoms with van der Waals surface area (Å²) < 4.78 is 41.3. The zero-order valence-corrected chi connectivity index (χ0v) is 20.1. The lowest BCUT2D eigenvalue weighted by atomic mass is 9.97. The SMILES string of the molecule is COc1ccc(CO[C@@H]2[C@H](OC(C)=O)[C@@H](OCCN=[N+]=[N-])O[C@@H]3COC(c4ccccc4)O[C@@H]23)cc1. The fourth-order valence-electron chi connectivity index (χ4n) is 4.14. The van der Waals surface area contributed by atoms with Crippen LogP contribution in [0.1, 0.15) is 24.3 Å². The largest absolute Gasteiger partial charge is 0.497 e. The van der Waals surface area contributed by atoms with Gasteiger partial charge in [-0.15, -0.1) is 0 Å². The van der Waals surface area contributed by atoms with Crippen molar-refractivity contribution in [2.24, 2.45) is 5.11 Å². The highest BCUT2D eigenvalue weighted by molar-refractivity contribution is 5.66. The quantitative estimate of drug-likeness (QED) is 0.159. The molecule has 2 aliphatic rings. The minimum absolute atomic E-state index is 0.0728. The van der Waals surface area contributed by atoms with Crippen molar-refractivity contribution in [2.75, 3.05) is 26.9 Å². The molecule has 0 radical (unpaired) electrons. The molecule has 0 N–H and O–H groups in total. The Bertz CT molecular complexity index is 1030. The number of hydrogen-bond donors (Lipinski definition) is 0. The van der Waals surface area contributed by atoms with Gasteiger partial charge in [0.25, 0.3) is 0 Å². The number of nitrogens with zero attached hydrogens (tertiary/aromatic N) is 3. The summed E-state index contributed by atoms with van der Waals surface area (Å²) in [5.41, 5.74) is 10.3. The second kappa shape index (κ2) is 12.7. The van der Waals surface area contributed by atoms with Crippen molar-refractivity contribution in [3.8, 4) is 5.75 Å². The minimum atomic E-state index is -0.967. The highest BCUT2D eigenvalue weighted by atomic mass is 16.8. The van der Waals surface area contributed by atoms with Crippen LogP contribution in [-0.2, 0) is 39.8 Å². The van der Waals surface area contributed by atoms with Gasteiger partial charge in [0, 0.05) is 23.9 Å². The van der Waals surface area contributed by atoms with E-state index in [0.717, 1.165) is 16.9 Å². The average Bonchev–Trinajstić information content (AvgIpc) is 2.91. The van der Waals surface area contributed by atoms with Crippen LogP contribution in [0.25, 0.3) is 10.4 Å². The summed E-state index contributed by atoms with van der Waals surface area (Å²) in [4.78, 5) is 14.8. The molecule has 2 fully saturated rings. The van der Waals surface area contributed by atoms with Gasteiger partial charge in [-0.1, -0.05) is 47.6 Å². The molecule has 0 saturated carbocycles. The van der Waals surface area contributed by atoms with Gasteiger partial charge < -0.3 is 33.2 Å². The smallest absolute Gasteiger partial charge is 0.303 e. The number of azide groups is 1. The lowest BCUT2D eigenvalue weighted by Crippen LogP contribution is -2.64. The average molecular weight is 500 g/mol. The molecule has 2 aromatic rings. The van der Waals surface area contributed by atoms with Gasteiger partial charge >= 0.3 is 5.97 Å². The van der Waals surface area contributed by atoms with Gasteiger partial charge in [0.2, 0.25) is 0 Å². The van der Waals surface area contributed by atoms with Gasteiger partial charge in [-0.25, -0.2) is 0 Å². The lowest BCUT2D eigenvalue weighted by Gasteiger charge is -2.48. The highest BCUT2D eigenvalue weighted by Gasteiger charge is 2.52. The first kappa shape index (κ1) is 25.9. The van der Waals surface area contributed by atoms with E-state index in [0.29, 0.717) is 0 Å². The molecular weight excluding hydrogens is 470 g/mol. The Hall–Kier alpha value is -3.18. The summed E-state index contributed by atoms with van der Waals surface area (Å²) in [6.45, 7) is 1.92. The van der Waals surface area contributed by atoms with E-state index in [-0.39, 0.29) is 26.4 Å². The number of fused-ring (bicyclic) bond motifs is 1. The van der Waals surface area contributed by atoms with E-state index in [1.165, 1.54) is 6.92 Å². The topological polar surface area (TPSA) is 130 Å². The van der Waals surface area contributed by atoms with E-state index in [1.807, 2.05) is 54.6 Å². The van der Waals surface area contributed by atoms with E-state index in [1.54, 1.807) is 7.11 Å². The van der Waals surface area contributed by atoms with Crippen LogP contribution in [0.3, 0.4) is 0 Å². The van der Waals surface area contributed by atoms with Crippen molar-refractivity contribution in [3.05, 3.63) is 76.2 Å². The van der Waals surface area contributed by atoms with Crippen molar-refractivity contribution in [2.45, 2.75) is 50.5 Å². The first-order valence-corrected chi connectivity index (χ1v) is 11.6. The zero-order chi connectivity index (χ0) is 25.3. The molecule has 11 heteroatoms. The lowest BCUT2D eigenvalue weighted by molar-refractivity contribution is -0.367. The predicted octanol–water partition coefficient (Wildman–Crippen LogP) is 3.68. The Morgan fingerprint density at radius 2 is 1.86 bits per heavy atom. The summed E-state index contributed by atoms with van der Waals surface area (Å²) in [6, 6.07) is 17.0. The second-order valence-corrected chi connectivity index (χ2v) is 8.24. The molecule has 6 atom stereocenters. The van der Waals surface area contributed by atoms with Gasteiger partial charge in [-0.2, -0.15) is 0 Å². The summed E-state index contributed by atoms with van der Waals surface area (Å²) in [7, 11) is 1.60. The second-order valence-electron chi connectivity index (χ2n) is 8.24. The van der Waals surface area contributed by atoms with E-state index in [9.17, 15) is 4.79 Å². The number of rotatable bonds is 10. The monoisotopic (exact) mass is 499 g/mol. The Balaban J connectivity index is 1.57. The number of esters is 1. The van der Waals surface area contributed by atoms with Gasteiger partial charge in [-0.3, -0.25) is 4.79 Å². The number of benzene rings is 2. The van der Waals surface area contributed by atoms with Crippen LogP contribution in [0.15, 0.2) is 59.7 Å². The summed E-state index contributed by atoms with van der Waals surface area (Å²) in [5, 5.41) is 3.48. The molecule has 2 heterocycles. The molecule has 2 aliphatic heterocycles. The first-order chi connectivity index (χ1) is 17.6. The predicted molar refractivity (Wildman–Crippen MR) is 126 cm³/mol. The Morgan fingerprint density at radius 1 is 1.08 bits per heavy atom. The maximum absolute atomic E-state index is 12.0. The molecule has 1 unspecified atom stereocenters. The highest BCUT2D eigenvalue weighted by Crippen LogP contribution is 2.37. The summed E-state index contributed by atoms with van der Waals surface area (Å²) in [6.07, 6.45) is -4.41. The maximum Gasteiger partial charge on any atom is 0.303 e. The van der Waals surface area contributed by atoms with Crippen LogP contribution in [0.4, 0.5) is 0 Å². The van der Waals surface area contributed by atoms with Crippen LogP contribution < -0.4 is 4.74 Å². The third-order valence-corrected chi connectivity index (χ3v) is 5.80.